The Hall–Kier alpha value is -2.08. The first kappa shape index (κ1) is 12.4. The number of furan rings is 1. The molecule has 2 rings (SSSR count). The fourth-order valence-electron chi connectivity index (χ4n) is 1.55. The Kier molecular flexibility index (Phi) is 4.14. The smallest absolute Gasteiger partial charge is 0.341 e. The van der Waals surface area contributed by atoms with Crippen LogP contribution in [0.25, 0.3) is 0 Å². The number of carbonyl (C=O) groups is 1. The van der Waals surface area contributed by atoms with E-state index in [1.807, 2.05) is 0 Å². The van der Waals surface area contributed by atoms with E-state index in [0.29, 0.717) is 17.9 Å². The fourth-order valence-corrected chi connectivity index (χ4v) is 1.55. The minimum absolute atomic E-state index is 0.387. The molecule has 2 aromatic rings. The molecular weight excluding hydrogens is 234 g/mol. The molecule has 6 nitrogen and oxygen atoms in total. The highest BCUT2D eigenvalue weighted by atomic mass is 16.5. The quantitative estimate of drug-likeness (QED) is 0.592. The molecular formula is C12H15N3O3. The van der Waals surface area contributed by atoms with Crippen molar-refractivity contribution in [2.24, 2.45) is 0 Å². The lowest BCUT2D eigenvalue weighted by atomic mass is 10.3. The molecule has 0 amide bonds. The zero-order valence-electron chi connectivity index (χ0n) is 10.1. The summed E-state index contributed by atoms with van der Waals surface area (Å²) in [7, 11) is 1.34. The maximum Gasteiger partial charge on any atom is 0.341 e. The number of methoxy groups -OCH3 is 1. The van der Waals surface area contributed by atoms with Crippen LogP contribution < -0.4 is 5.32 Å². The topological polar surface area (TPSA) is 80.2 Å². The first-order valence-electron chi connectivity index (χ1n) is 5.63. The van der Waals surface area contributed by atoms with E-state index in [9.17, 15) is 4.79 Å². The zero-order valence-corrected chi connectivity index (χ0v) is 10.1. The minimum Gasteiger partial charge on any atom is -0.467 e. The van der Waals surface area contributed by atoms with Crippen LogP contribution in [-0.2, 0) is 17.7 Å². The molecule has 6 heteroatoms. The van der Waals surface area contributed by atoms with Gasteiger partial charge in [0.1, 0.15) is 12.0 Å². The molecule has 0 saturated carbocycles. The molecule has 2 N–H and O–H groups in total. The Labute approximate surface area is 104 Å². The van der Waals surface area contributed by atoms with Crippen molar-refractivity contribution in [3.05, 3.63) is 41.9 Å². The summed E-state index contributed by atoms with van der Waals surface area (Å²) in [5.41, 5.74) is 1.51. The van der Waals surface area contributed by atoms with E-state index in [4.69, 9.17) is 4.42 Å². The third-order valence-corrected chi connectivity index (χ3v) is 2.50. The minimum atomic E-state index is -0.387. The average Bonchev–Trinajstić information content (AvgIpc) is 3.05. The lowest BCUT2D eigenvalue weighted by Gasteiger charge is -2.00. The highest BCUT2D eigenvalue weighted by molar-refractivity contribution is 5.88. The van der Waals surface area contributed by atoms with Gasteiger partial charge < -0.3 is 19.5 Å². The summed E-state index contributed by atoms with van der Waals surface area (Å²) in [6, 6.07) is 1.68. The maximum atomic E-state index is 11.2. The normalized spacial score (nSPS) is 10.5. The lowest BCUT2D eigenvalue weighted by molar-refractivity contribution is 0.0600. The van der Waals surface area contributed by atoms with Crippen LogP contribution in [0.1, 0.15) is 21.8 Å². The van der Waals surface area contributed by atoms with Crippen LogP contribution in [-0.4, -0.2) is 29.6 Å². The van der Waals surface area contributed by atoms with Crippen LogP contribution in [0.4, 0.5) is 0 Å². The number of aromatic amines is 1. The number of imidazole rings is 1. The second kappa shape index (κ2) is 6.02. The molecule has 18 heavy (non-hydrogen) atoms. The Bertz CT molecular complexity index is 490. The van der Waals surface area contributed by atoms with E-state index in [0.717, 1.165) is 18.7 Å². The van der Waals surface area contributed by atoms with Crippen molar-refractivity contribution in [3.63, 3.8) is 0 Å². The summed E-state index contributed by atoms with van der Waals surface area (Å²) < 4.78 is 9.84. The molecule has 0 aliphatic carbocycles. The van der Waals surface area contributed by atoms with Gasteiger partial charge in [0.05, 0.1) is 25.5 Å². The van der Waals surface area contributed by atoms with Crippen LogP contribution in [0.5, 0.6) is 0 Å². The van der Waals surface area contributed by atoms with Crippen LogP contribution in [0.15, 0.2) is 29.3 Å². The predicted octanol–water partition coefficient (Wildman–Crippen LogP) is 1.12. The molecule has 0 bridgehead atoms. The Balaban J connectivity index is 1.73. The highest BCUT2D eigenvalue weighted by Crippen LogP contribution is 2.08. The average molecular weight is 249 g/mol. The molecule has 0 atom stereocenters. The van der Waals surface area contributed by atoms with Crippen molar-refractivity contribution in [1.82, 2.24) is 15.3 Å². The zero-order chi connectivity index (χ0) is 12.8. The largest absolute Gasteiger partial charge is 0.467 e. The third-order valence-electron chi connectivity index (χ3n) is 2.50. The van der Waals surface area contributed by atoms with Gasteiger partial charge in [0.2, 0.25) is 0 Å². The van der Waals surface area contributed by atoms with Gasteiger partial charge in [0.15, 0.2) is 0 Å². The molecule has 0 saturated heterocycles. The Morgan fingerprint density at radius 3 is 3.22 bits per heavy atom. The maximum absolute atomic E-state index is 11.2. The van der Waals surface area contributed by atoms with E-state index in [1.165, 1.54) is 13.4 Å². The number of rotatable bonds is 6. The van der Waals surface area contributed by atoms with E-state index in [1.54, 1.807) is 18.6 Å². The number of ether oxygens (including phenoxy) is 1. The summed E-state index contributed by atoms with van der Waals surface area (Å²) in [4.78, 5) is 18.2. The van der Waals surface area contributed by atoms with Crippen molar-refractivity contribution in [2.45, 2.75) is 13.0 Å². The van der Waals surface area contributed by atoms with Crippen LogP contribution in [0, 0.1) is 0 Å². The molecule has 0 aliphatic heterocycles. The molecule has 0 aromatic carbocycles. The summed E-state index contributed by atoms with van der Waals surface area (Å²) in [6.45, 7) is 1.38. The highest BCUT2D eigenvalue weighted by Gasteiger charge is 2.09. The number of hydrogen-bond acceptors (Lipinski definition) is 5. The van der Waals surface area contributed by atoms with Crippen molar-refractivity contribution in [2.75, 3.05) is 13.7 Å². The van der Waals surface area contributed by atoms with Crippen molar-refractivity contribution in [1.29, 1.82) is 0 Å². The molecule has 0 spiro atoms. The van der Waals surface area contributed by atoms with Gasteiger partial charge in [-0.2, -0.15) is 0 Å². The van der Waals surface area contributed by atoms with Crippen molar-refractivity contribution >= 4 is 5.97 Å². The van der Waals surface area contributed by atoms with Gasteiger partial charge in [-0.25, -0.2) is 9.78 Å². The van der Waals surface area contributed by atoms with Crippen LogP contribution >= 0.6 is 0 Å². The van der Waals surface area contributed by atoms with Crippen LogP contribution in [0.3, 0.4) is 0 Å². The van der Waals surface area contributed by atoms with Gasteiger partial charge in [0.25, 0.3) is 0 Å². The monoisotopic (exact) mass is 249 g/mol. The van der Waals surface area contributed by atoms with E-state index in [2.05, 4.69) is 20.0 Å². The molecule has 0 aliphatic rings. The SMILES string of the molecule is COC(=O)c1coc(CNCCc2cnc[nH]2)c1. The summed E-state index contributed by atoms with van der Waals surface area (Å²) in [6.07, 6.45) is 5.72. The third kappa shape index (κ3) is 3.21. The van der Waals surface area contributed by atoms with E-state index >= 15 is 0 Å². The summed E-state index contributed by atoms with van der Waals surface area (Å²) in [5, 5.41) is 3.22. The molecule has 2 heterocycles. The number of H-pyrrole nitrogens is 1. The fraction of sp³-hybridized carbons (Fsp3) is 0.333. The first-order valence-corrected chi connectivity index (χ1v) is 5.63. The number of carbonyl (C=O) groups excluding carboxylic acids is 1. The van der Waals surface area contributed by atoms with Gasteiger partial charge in [-0.05, 0) is 6.07 Å². The molecule has 2 aromatic heterocycles. The molecule has 0 radical (unpaired) electrons. The summed E-state index contributed by atoms with van der Waals surface area (Å²) in [5.74, 6) is 0.322. The Morgan fingerprint density at radius 2 is 2.50 bits per heavy atom. The first-order chi connectivity index (χ1) is 8.79. The number of hydrogen-bond donors (Lipinski definition) is 2. The van der Waals surface area contributed by atoms with Gasteiger partial charge in [-0.1, -0.05) is 0 Å². The second-order valence-corrected chi connectivity index (χ2v) is 3.80. The standard InChI is InChI=1S/C12H15N3O3/c1-17-12(16)9-4-11(18-7-9)6-13-3-2-10-5-14-8-15-10/h4-5,7-8,13H,2-3,6H2,1H3,(H,14,15). The van der Waals surface area contributed by atoms with Crippen molar-refractivity contribution in [3.8, 4) is 0 Å². The molecule has 0 unspecified atom stereocenters. The summed E-state index contributed by atoms with van der Waals surface area (Å²) >= 11 is 0. The molecule has 0 fully saturated rings. The lowest BCUT2D eigenvalue weighted by Crippen LogP contribution is -2.16. The van der Waals surface area contributed by atoms with Gasteiger partial charge in [0, 0.05) is 24.9 Å². The van der Waals surface area contributed by atoms with Crippen LogP contribution in [0.2, 0.25) is 0 Å². The number of esters is 1. The van der Waals surface area contributed by atoms with Crippen molar-refractivity contribution < 1.29 is 13.9 Å². The predicted molar refractivity (Wildman–Crippen MR) is 64.0 cm³/mol. The number of aromatic nitrogens is 2. The van der Waals surface area contributed by atoms with Gasteiger partial charge in [-0.15, -0.1) is 0 Å². The molecule has 96 valence electrons. The van der Waals surface area contributed by atoms with Gasteiger partial charge >= 0.3 is 5.97 Å². The van der Waals surface area contributed by atoms with E-state index < -0.39 is 0 Å². The van der Waals surface area contributed by atoms with Gasteiger partial charge in [-0.3, -0.25) is 0 Å². The number of nitrogens with one attached hydrogen (secondary N) is 2. The Morgan fingerprint density at radius 1 is 1.61 bits per heavy atom. The van der Waals surface area contributed by atoms with E-state index in [-0.39, 0.29) is 5.97 Å². The second-order valence-electron chi connectivity index (χ2n) is 3.80. The number of nitrogens with zero attached hydrogens (tertiary/aromatic N) is 1.